The fourth-order valence-corrected chi connectivity index (χ4v) is 1.87. The van der Waals surface area contributed by atoms with Gasteiger partial charge in [0.05, 0.1) is 11.4 Å². The van der Waals surface area contributed by atoms with Crippen molar-refractivity contribution in [3.63, 3.8) is 0 Å². The Balaban J connectivity index is 1.93. The minimum atomic E-state index is 0.654. The SMILES string of the molecule is [O-][n+]1ccc(N=Nc2ccc3cccccc2-3)cc1. The third-order valence-electron chi connectivity index (χ3n) is 2.83. The maximum atomic E-state index is 10.9. The van der Waals surface area contributed by atoms with E-state index in [0.717, 1.165) is 21.5 Å². The number of azo groups is 1. The van der Waals surface area contributed by atoms with Gasteiger partial charge < -0.3 is 5.21 Å². The highest BCUT2D eigenvalue weighted by Crippen LogP contribution is 2.34. The van der Waals surface area contributed by atoms with E-state index >= 15 is 0 Å². The summed E-state index contributed by atoms with van der Waals surface area (Å²) in [5, 5.41) is 19.3. The molecule has 1 aromatic heterocycles. The fraction of sp³-hybridized carbons (Fsp3) is 0. The summed E-state index contributed by atoms with van der Waals surface area (Å²) in [6.45, 7) is 0. The van der Waals surface area contributed by atoms with Gasteiger partial charge >= 0.3 is 0 Å². The number of fused-ring (bicyclic) bond motifs is 1. The summed E-state index contributed by atoms with van der Waals surface area (Å²) in [6.07, 6.45) is 2.80. The van der Waals surface area contributed by atoms with Crippen LogP contribution in [0.15, 0.2) is 77.2 Å². The van der Waals surface area contributed by atoms with Gasteiger partial charge in [-0.25, -0.2) is 0 Å². The van der Waals surface area contributed by atoms with Gasteiger partial charge in [-0.3, -0.25) is 0 Å². The number of rotatable bonds is 2. The maximum absolute atomic E-state index is 10.9. The van der Waals surface area contributed by atoms with E-state index in [0.29, 0.717) is 5.69 Å². The van der Waals surface area contributed by atoms with Gasteiger partial charge in [0.2, 0.25) is 0 Å². The molecule has 0 radical (unpaired) electrons. The van der Waals surface area contributed by atoms with Crippen molar-refractivity contribution in [2.24, 2.45) is 10.2 Å². The molecule has 19 heavy (non-hydrogen) atoms. The molecule has 2 aliphatic rings. The Morgan fingerprint density at radius 3 is 2.42 bits per heavy atom. The van der Waals surface area contributed by atoms with E-state index in [9.17, 15) is 5.21 Å². The van der Waals surface area contributed by atoms with Crippen LogP contribution in [0.3, 0.4) is 0 Å². The van der Waals surface area contributed by atoms with Crippen molar-refractivity contribution in [2.45, 2.75) is 0 Å². The highest BCUT2D eigenvalue weighted by Gasteiger charge is 2.06. The summed E-state index contributed by atoms with van der Waals surface area (Å²) < 4.78 is 0.719. The van der Waals surface area contributed by atoms with Crippen LogP contribution in [0, 0.1) is 5.21 Å². The lowest BCUT2D eigenvalue weighted by atomic mass is 10.2. The second-order valence-corrected chi connectivity index (χ2v) is 4.11. The highest BCUT2D eigenvalue weighted by molar-refractivity contribution is 5.79. The van der Waals surface area contributed by atoms with Gasteiger partial charge in [0, 0.05) is 17.7 Å². The molecule has 0 fully saturated rings. The molecule has 0 aromatic carbocycles. The van der Waals surface area contributed by atoms with Crippen LogP contribution in [0.2, 0.25) is 0 Å². The monoisotopic (exact) mass is 249 g/mol. The summed E-state index contributed by atoms with van der Waals surface area (Å²) >= 11 is 0. The predicted octanol–water partition coefficient (Wildman–Crippen LogP) is 3.84. The number of nitrogens with zero attached hydrogens (tertiary/aromatic N) is 3. The number of aromatic nitrogens is 1. The average molecular weight is 249 g/mol. The molecular formula is C15H11N3O. The largest absolute Gasteiger partial charge is 0.619 e. The van der Waals surface area contributed by atoms with Gasteiger partial charge in [-0.1, -0.05) is 36.4 Å². The first-order valence-corrected chi connectivity index (χ1v) is 5.91. The normalized spacial score (nSPS) is 11.2. The third-order valence-corrected chi connectivity index (χ3v) is 2.83. The summed E-state index contributed by atoms with van der Waals surface area (Å²) in [7, 11) is 0. The Kier molecular flexibility index (Phi) is 2.90. The quantitative estimate of drug-likeness (QED) is 0.386. The van der Waals surface area contributed by atoms with E-state index in [1.54, 1.807) is 12.1 Å². The first-order valence-electron chi connectivity index (χ1n) is 5.91. The summed E-state index contributed by atoms with van der Waals surface area (Å²) in [6, 6.07) is 17.2. The van der Waals surface area contributed by atoms with Crippen molar-refractivity contribution < 1.29 is 4.73 Å². The van der Waals surface area contributed by atoms with Crippen LogP contribution in [0.4, 0.5) is 11.4 Å². The zero-order valence-corrected chi connectivity index (χ0v) is 10.1. The molecule has 4 nitrogen and oxygen atoms in total. The van der Waals surface area contributed by atoms with Crippen LogP contribution in [0.1, 0.15) is 0 Å². The third kappa shape index (κ3) is 2.42. The zero-order chi connectivity index (χ0) is 13.1. The molecule has 0 aliphatic heterocycles. The zero-order valence-electron chi connectivity index (χ0n) is 10.1. The molecule has 1 heterocycles. The van der Waals surface area contributed by atoms with Gasteiger partial charge in [0.15, 0.2) is 12.4 Å². The Labute approximate surface area is 110 Å². The van der Waals surface area contributed by atoms with Gasteiger partial charge in [0.25, 0.3) is 0 Å². The molecule has 1 aromatic rings. The number of hydrogen-bond donors (Lipinski definition) is 0. The lowest BCUT2D eigenvalue weighted by molar-refractivity contribution is -0.605. The summed E-state index contributed by atoms with van der Waals surface area (Å²) in [4.78, 5) is 0. The van der Waals surface area contributed by atoms with E-state index in [4.69, 9.17) is 0 Å². The Morgan fingerprint density at radius 2 is 1.58 bits per heavy atom. The van der Waals surface area contributed by atoms with Gasteiger partial charge in [0.1, 0.15) is 0 Å². The average Bonchev–Trinajstić information content (AvgIpc) is 2.66. The minimum Gasteiger partial charge on any atom is -0.619 e. The Bertz CT molecular complexity index is 692. The second-order valence-electron chi connectivity index (χ2n) is 4.11. The lowest BCUT2D eigenvalue weighted by Crippen LogP contribution is -2.22. The van der Waals surface area contributed by atoms with Crippen LogP contribution in [-0.2, 0) is 0 Å². The predicted molar refractivity (Wildman–Crippen MR) is 72.6 cm³/mol. The maximum Gasteiger partial charge on any atom is 0.182 e. The first kappa shape index (κ1) is 11.3. The van der Waals surface area contributed by atoms with Crippen LogP contribution in [0.25, 0.3) is 11.1 Å². The molecular weight excluding hydrogens is 238 g/mol. The topological polar surface area (TPSA) is 51.7 Å². The Hall–Kier alpha value is -2.75. The number of hydrogen-bond acceptors (Lipinski definition) is 3. The highest BCUT2D eigenvalue weighted by atomic mass is 16.5. The van der Waals surface area contributed by atoms with Crippen LogP contribution in [-0.4, -0.2) is 0 Å². The molecule has 0 saturated heterocycles. The van der Waals surface area contributed by atoms with Crippen molar-refractivity contribution in [3.8, 4) is 11.1 Å². The smallest absolute Gasteiger partial charge is 0.182 e. The second kappa shape index (κ2) is 4.86. The molecule has 0 unspecified atom stereocenters. The van der Waals surface area contributed by atoms with Gasteiger partial charge in [-0.15, -0.1) is 5.11 Å². The van der Waals surface area contributed by atoms with E-state index in [2.05, 4.69) is 10.2 Å². The van der Waals surface area contributed by atoms with Gasteiger partial charge in [-0.05, 0) is 11.6 Å². The fourth-order valence-electron chi connectivity index (χ4n) is 1.87. The molecule has 4 heteroatoms. The minimum absolute atomic E-state index is 0.654. The standard InChI is InChI=1S/C15H11N3O/c19-18-10-8-13(9-11-18)16-17-15-7-6-12-4-2-1-3-5-14(12)15/h1-11H. The van der Waals surface area contributed by atoms with Crippen molar-refractivity contribution in [1.29, 1.82) is 0 Å². The van der Waals surface area contributed by atoms with Crippen molar-refractivity contribution >= 4 is 11.4 Å². The van der Waals surface area contributed by atoms with Crippen LogP contribution < -0.4 is 4.73 Å². The molecule has 0 N–H and O–H groups in total. The Morgan fingerprint density at radius 1 is 0.789 bits per heavy atom. The van der Waals surface area contributed by atoms with Crippen molar-refractivity contribution in [2.75, 3.05) is 0 Å². The molecule has 0 bridgehead atoms. The lowest BCUT2D eigenvalue weighted by Gasteiger charge is -1.95. The van der Waals surface area contributed by atoms with Crippen molar-refractivity contribution in [1.82, 2.24) is 0 Å². The molecule has 3 rings (SSSR count). The first-order chi connectivity index (χ1) is 9.33. The van der Waals surface area contributed by atoms with E-state index in [-0.39, 0.29) is 0 Å². The van der Waals surface area contributed by atoms with Crippen LogP contribution >= 0.6 is 0 Å². The summed E-state index contributed by atoms with van der Waals surface area (Å²) in [5.74, 6) is 0. The molecule has 92 valence electrons. The van der Waals surface area contributed by atoms with E-state index < -0.39 is 0 Å². The molecule has 0 amide bonds. The molecule has 2 aliphatic carbocycles. The van der Waals surface area contributed by atoms with Crippen LogP contribution in [0.5, 0.6) is 0 Å². The van der Waals surface area contributed by atoms with E-state index in [1.165, 1.54) is 12.4 Å². The van der Waals surface area contributed by atoms with Crippen molar-refractivity contribution in [3.05, 3.63) is 72.2 Å². The number of pyridine rings is 1. The molecule has 0 atom stereocenters. The van der Waals surface area contributed by atoms with E-state index in [1.807, 2.05) is 42.5 Å². The van der Waals surface area contributed by atoms with Gasteiger partial charge in [-0.2, -0.15) is 9.84 Å². The summed E-state index contributed by atoms with van der Waals surface area (Å²) in [5.41, 5.74) is 3.67. The molecule has 0 spiro atoms. The molecule has 0 saturated carbocycles.